The highest BCUT2D eigenvalue weighted by Crippen LogP contribution is 2.17. The van der Waals surface area contributed by atoms with Crippen LogP contribution in [0.1, 0.15) is 27.2 Å². The van der Waals surface area contributed by atoms with E-state index < -0.39 is 10.0 Å². The number of hydrogen-bond donors (Lipinski definition) is 2. The van der Waals surface area contributed by atoms with Gasteiger partial charge in [-0.1, -0.05) is 25.2 Å². The van der Waals surface area contributed by atoms with Crippen LogP contribution < -0.4 is 10.5 Å². The summed E-state index contributed by atoms with van der Waals surface area (Å²) in [6.07, 6.45) is 0.771. The second kappa shape index (κ2) is 5.07. The summed E-state index contributed by atoms with van der Waals surface area (Å²) < 4.78 is 26.0. The summed E-state index contributed by atoms with van der Waals surface area (Å²) in [7, 11) is -3.57. The molecule has 0 fully saturated rings. The molecule has 3 N–H and O–H groups in total. The van der Waals surface area contributed by atoms with Gasteiger partial charge in [-0.15, -0.1) is 10.2 Å². The number of hydrogen-bond acceptors (Lipinski definition) is 6. The van der Waals surface area contributed by atoms with E-state index in [1.54, 1.807) is 0 Å². The van der Waals surface area contributed by atoms with Crippen LogP contribution in [0.5, 0.6) is 0 Å². The van der Waals surface area contributed by atoms with Crippen molar-refractivity contribution in [2.45, 2.75) is 37.6 Å². The fourth-order valence-corrected chi connectivity index (χ4v) is 3.46. The van der Waals surface area contributed by atoms with Gasteiger partial charge in [-0.05, 0) is 19.3 Å². The Hall–Kier alpha value is -0.730. The normalized spacial score (nSPS) is 14.2. The molecule has 0 bridgehead atoms. The Morgan fingerprint density at radius 2 is 2.00 bits per heavy atom. The number of anilines is 1. The summed E-state index contributed by atoms with van der Waals surface area (Å²) in [4.78, 5) is 0. The minimum Gasteiger partial charge on any atom is -0.374 e. The maximum absolute atomic E-state index is 11.8. The van der Waals surface area contributed by atoms with E-state index in [0.29, 0.717) is 5.92 Å². The van der Waals surface area contributed by atoms with E-state index in [9.17, 15) is 8.42 Å². The minimum absolute atomic E-state index is 0.0828. The molecular formula is C8H16N4O2S2. The molecule has 0 saturated heterocycles. The molecule has 1 aromatic rings. The van der Waals surface area contributed by atoms with E-state index in [1.807, 2.05) is 20.8 Å². The summed E-state index contributed by atoms with van der Waals surface area (Å²) in [5, 5.41) is 7.14. The fourth-order valence-electron chi connectivity index (χ4n) is 1.40. The van der Waals surface area contributed by atoms with Crippen LogP contribution in [0, 0.1) is 5.92 Å². The number of sulfonamides is 1. The first-order chi connectivity index (χ1) is 7.31. The van der Waals surface area contributed by atoms with E-state index in [0.717, 1.165) is 17.8 Å². The van der Waals surface area contributed by atoms with Crippen LogP contribution in [0.4, 0.5) is 5.13 Å². The van der Waals surface area contributed by atoms with Gasteiger partial charge in [-0.3, -0.25) is 0 Å². The Balaban J connectivity index is 2.73. The number of nitrogens with two attached hydrogens (primary N) is 1. The molecule has 1 unspecified atom stereocenters. The van der Waals surface area contributed by atoms with Gasteiger partial charge in [-0.2, -0.15) is 0 Å². The smallest absolute Gasteiger partial charge is 0.270 e. The molecule has 1 atom stereocenters. The lowest BCUT2D eigenvalue weighted by Gasteiger charge is -2.14. The quantitative estimate of drug-likeness (QED) is 0.821. The second-order valence-electron chi connectivity index (χ2n) is 4.06. The van der Waals surface area contributed by atoms with Crippen LogP contribution in [0.3, 0.4) is 0 Å². The third-order valence-corrected chi connectivity index (χ3v) is 4.54. The van der Waals surface area contributed by atoms with Gasteiger partial charge < -0.3 is 5.73 Å². The number of aromatic nitrogens is 2. The highest BCUT2D eigenvalue weighted by molar-refractivity contribution is 7.91. The Labute approximate surface area is 99.3 Å². The molecule has 0 spiro atoms. The van der Waals surface area contributed by atoms with E-state index in [1.165, 1.54) is 0 Å². The van der Waals surface area contributed by atoms with E-state index in [-0.39, 0.29) is 15.5 Å². The van der Waals surface area contributed by atoms with Crippen molar-refractivity contribution in [1.29, 1.82) is 0 Å². The summed E-state index contributed by atoms with van der Waals surface area (Å²) in [5.74, 6) is 0.428. The predicted octanol–water partition coefficient (Wildman–Crippen LogP) is 0.833. The number of nitrogens with one attached hydrogen (secondary N) is 1. The molecule has 8 heteroatoms. The van der Waals surface area contributed by atoms with E-state index in [2.05, 4.69) is 14.9 Å². The SMILES string of the molecule is CC(C)CC(C)NS(=O)(=O)c1nnc(N)s1. The molecule has 1 heterocycles. The second-order valence-corrected chi connectivity index (χ2v) is 6.95. The van der Waals surface area contributed by atoms with Crippen molar-refractivity contribution in [3.05, 3.63) is 0 Å². The molecule has 0 aliphatic rings. The summed E-state index contributed by atoms with van der Waals surface area (Å²) in [5.41, 5.74) is 5.34. The molecular weight excluding hydrogens is 248 g/mol. The van der Waals surface area contributed by atoms with Gasteiger partial charge in [-0.25, -0.2) is 13.1 Å². The first kappa shape index (κ1) is 13.3. The molecule has 0 radical (unpaired) electrons. The summed E-state index contributed by atoms with van der Waals surface area (Å²) in [6.45, 7) is 5.89. The first-order valence-electron chi connectivity index (χ1n) is 4.92. The Kier molecular flexibility index (Phi) is 4.22. The third-order valence-electron chi connectivity index (χ3n) is 1.83. The summed E-state index contributed by atoms with van der Waals surface area (Å²) in [6, 6.07) is -0.130. The van der Waals surface area contributed by atoms with Gasteiger partial charge in [0.25, 0.3) is 10.0 Å². The summed E-state index contributed by atoms with van der Waals surface area (Å²) >= 11 is 0.861. The molecule has 0 aliphatic heterocycles. The van der Waals surface area contributed by atoms with Crippen molar-refractivity contribution in [3.8, 4) is 0 Å². The average molecular weight is 264 g/mol. The molecule has 92 valence electrons. The highest BCUT2D eigenvalue weighted by atomic mass is 32.2. The Morgan fingerprint density at radius 1 is 1.38 bits per heavy atom. The first-order valence-corrected chi connectivity index (χ1v) is 7.22. The Morgan fingerprint density at radius 3 is 2.44 bits per heavy atom. The van der Waals surface area contributed by atoms with Crippen LogP contribution in [-0.4, -0.2) is 24.7 Å². The van der Waals surface area contributed by atoms with Crippen molar-refractivity contribution in [3.63, 3.8) is 0 Å². The maximum atomic E-state index is 11.8. The zero-order chi connectivity index (χ0) is 12.3. The molecule has 0 aliphatic carbocycles. The molecule has 1 rings (SSSR count). The van der Waals surface area contributed by atoms with Crippen molar-refractivity contribution in [1.82, 2.24) is 14.9 Å². The lowest BCUT2D eigenvalue weighted by atomic mass is 10.1. The van der Waals surface area contributed by atoms with Gasteiger partial charge in [0.15, 0.2) is 0 Å². The van der Waals surface area contributed by atoms with Crippen molar-refractivity contribution in [2.75, 3.05) is 5.73 Å². The third kappa shape index (κ3) is 3.69. The standard InChI is InChI=1S/C8H16N4O2S2/c1-5(2)4-6(3)12-16(13,14)8-11-10-7(9)15-8/h5-6,12H,4H2,1-3H3,(H2,9,10). The lowest BCUT2D eigenvalue weighted by molar-refractivity contribution is 0.482. The minimum atomic E-state index is -3.57. The number of rotatable bonds is 5. The topological polar surface area (TPSA) is 98.0 Å². The lowest BCUT2D eigenvalue weighted by Crippen LogP contribution is -2.33. The maximum Gasteiger partial charge on any atom is 0.270 e. The molecule has 0 amide bonds. The molecule has 16 heavy (non-hydrogen) atoms. The predicted molar refractivity (Wildman–Crippen MR) is 63.6 cm³/mol. The Bertz CT molecular complexity index is 441. The van der Waals surface area contributed by atoms with Gasteiger partial charge in [0.1, 0.15) is 0 Å². The fraction of sp³-hybridized carbons (Fsp3) is 0.750. The van der Waals surface area contributed by atoms with Crippen LogP contribution in [0.15, 0.2) is 4.34 Å². The van der Waals surface area contributed by atoms with Gasteiger partial charge in [0, 0.05) is 6.04 Å². The van der Waals surface area contributed by atoms with Crippen LogP contribution in [0.2, 0.25) is 0 Å². The molecule has 1 aromatic heterocycles. The zero-order valence-corrected chi connectivity index (χ0v) is 11.1. The van der Waals surface area contributed by atoms with Crippen LogP contribution in [-0.2, 0) is 10.0 Å². The van der Waals surface area contributed by atoms with E-state index >= 15 is 0 Å². The van der Waals surface area contributed by atoms with Crippen LogP contribution >= 0.6 is 11.3 Å². The number of nitrogens with zero attached hydrogens (tertiary/aromatic N) is 2. The highest BCUT2D eigenvalue weighted by Gasteiger charge is 2.22. The number of nitrogen functional groups attached to an aromatic ring is 1. The van der Waals surface area contributed by atoms with Crippen molar-refractivity contribution >= 4 is 26.5 Å². The van der Waals surface area contributed by atoms with Crippen molar-refractivity contribution in [2.24, 2.45) is 5.92 Å². The van der Waals surface area contributed by atoms with Gasteiger partial charge in [0.2, 0.25) is 9.47 Å². The van der Waals surface area contributed by atoms with Gasteiger partial charge in [0.05, 0.1) is 0 Å². The molecule has 0 aromatic carbocycles. The molecule has 6 nitrogen and oxygen atoms in total. The van der Waals surface area contributed by atoms with E-state index in [4.69, 9.17) is 5.73 Å². The molecule has 0 saturated carbocycles. The average Bonchev–Trinajstić information content (AvgIpc) is 2.49. The van der Waals surface area contributed by atoms with Gasteiger partial charge >= 0.3 is 0 Å². The zero-order valence-electron chi connectivity index (χ0n) is 9.47. The van der Waals surface area contributed by atoms with Crippen molar-refractivity contribution < 1.29 is 8.42 Å². The largest absolute Gasteiger partial charge is 0.374 e. The monoisotopic (exact) mass is 264 g/mol. The van der Waals surface area contributed by atoms with Crippen LogP contribution in [0.25, 0.3) is 0 Å².